The molecule has 0 amide bonds. The van der Waals surface area contributed by atoms with Gasteiger partial charge in [-0.15, -0.1) is 0 Å². The zero-order chi connectivity index (χ0) is 16.2. The Morgan fingerprint density at radius 1 is 1.22 bits per heavy atom. The molecule has 0 aliphatic heterocycles. The van der Waals surface area contributed by atoms with E-state index in [1.807, 2.05) is 37.3 Å². The molecule has 0 atom stereocenters. The summed E-state index contributed by atoms with van der Waals surface area (Å²) in [5.74, 6) is -0.0614. The molecule has 0 unspecified atom stereocenters. The van der Waals surface area contributed by atoms with Crippen molar-refractivity contribution in [2.24, 2.45) is 0 Å². The van der Waals surface area contributed by atoms with Crippen LogP contribution in [0.4, 0.5) is 0 Å². The van der Waals surface area contributed by atoms with E-state index in [-0.39, 0.29) is 11.7 Å². The standard InChI is InChI=1S/C16H15N3O2S2/c1-3-21-12(20)9-22-16-18-13(11-7-5-4-6-8-11)14-15(19-16)23-10(2)17-14/h4-8H,3,9H2,1-2H3. The third-order valence-electron chi connectivity index (χ3n) is 3.02. The summed E-state index contributed by atoms with van der Waals surface area (Å²) in [6, 6.07) is 9.89. The molecule has 3 aromatic rings. The monoisotopic (exact) mass is 345 g/mol. The summed E-state index contributed by atoms with van der Waals surface area (Å²) in [5, 5.41) is 1.51. The van der Waals surface area contributed by atoms with E-state index in [0.29, 0.717) is 11.8 Å². The Bertz CT molecular complexity index is 834. The summed E-state index contributed by atoms with van der Waals surface area (Å²) in [5.41, 5.74) is 2.59. The summed E-state index contributed by atoms with van der Waals surface area (Å²) in [6.07, 6.45) is 0. The molecule has 118 valence electrons. The van der Waals surface area contributed by atoms with E-state index in [0.717, 1.165) is 26.6 Å². The maximum Gasteiger partial charge on any atom is 0.316 e. The lowest BCUT2D eigenvalue weighted by molar-refractivity contribution is -0.139. The first-order valence-corrected chi connectivity index (χ1v) is 8.96. The van der Waals surface area contributed by atoms with E-state index < -0.39 is 0 Å². The van der Waals surface area contributed by atoms with Gasteiger partial charge in [0.2, 0.25) is 0 Å². The van der Waals surface area contributed by atoms with E-state index in [1.165, 1.54) is 23.1 Å². The molecule has 0 bridgehead atoms. The highest BCUT2D eigenvalue weighted by molar-refractivity contribution is 7.99. The van der Waals surface area contributed by atoms with E-state index in [4.69, 9.17) is 4.74 Å². The van der Waals surface area contributed by atoms with Gasteiger partial charge in [-0.25, -0.2) is 15.0 Å². The van der Waals surface area contributed by atoms with Crippen LogP contribution in [0.1, 0.15) is 11.9 Å². The topological polar surface area (TPSA) is 65.0 Å². The molecular weight excluding hydrogens is 330 g/mol. The van der Waals surface area contributed by atoms with Gasteiger partial charge < -0.3 is 4.74 Å². The van der Waals surface area contributed by atoms with E-state index in [1.54, 1.807) is 6.92 Å². The van der Waals surface area contributed by atoms with Crippen LogP contribution < -0.4 is 0 Å². The predicted molar refractivity (Wildman–Crippen MR) is 92.7 cm³/mol. The van der Waals surface area contributed by atoms with Crippen molar-refractivity contribution in [1.29, 1.82) is 0 Å². The Hall–Kier alpha value is -1.99. The Morgan fingerprint density at radius 2 is 2.00 bits per heavy atom. The van der Waals surface area contributed by atoms with Crippen LogP contribution in [0.2, 0.25) is 0 Å². The molecule has 7 heteroatoms. The van der Waals surface area contributed by atoms with Gasteiger partial charge in [0, 0.05) is 5.56 Å². The molecule has 0 saturated heterocycles. The summed E-state index contributed by atoms with van der Waals surface area (Å²) >= 11 is 2.81. The van der Waals surface area contributed by atoms with Gasteiger partial charge in [-0.3, -0.25) is 4.79 Å². The van der Waals surface area contributed by atoms with Crippen LogP contribution in [0.15, 0.2) is 35.5 Å². The van der Waals surface area contributed by atoms with Crippen molar-refractivity contribution >= 4 is 39.4 Å². The van der Waals surface area contributed by atoms with E-state index in [2.05, 4.69) is 15.0 Å². The molecule has 5 nitrogen and oxygen atoms in total. The minimum absolute atomic E-state index is 0.200. The number of aryl methyl sites for hydroxylation is 1. The Labute approximate surface area is 142 Å². The molecule has 2 heterocycles. The highest BCUT2D eigenvalue weighted by Crippen LogP contribution is 2.31. The van der Waals surface area contributed by atoms with Crippen molar-refractivity contribution < 1.29 is 9.53 Å². The Kier molecular flexibility index (Phi) is 4.88. The van der Waals surface area contributed by atoms with Gasteiger partial charge in [-0.1, -0.05) is 53.4 Å². The number of carbonyl (C=O) groups excluding carboxylic acids is 1. The fraction of sp³-hybridized carbons (Fsp3) is 0.250. The van der Waals surface area contributed by atoms with Crippen LogP contribution in [0.3, 0.4) is 0 Å². The number of aromatic nitrogens is 3. The van der Waals surface area contributed by atoms with Gasteiger partial charge in [-0.2, -0.15) is 0 Å². The fourth-order valence-corrected chi connectivity index (χ4v) is 3.58. The predicted octanol–water partition coefficient (Wildman–Crippen LogP) is 3.72. The van der Waals surface area contributed by atoms with Crippen molar-refractivity contribution in [3.63, 3.8) is 0 Å². The Balaban J connectivity index is 1.99. The molecule has 1 aromatic carbocycles. The smallest absolute Gasteiger partial charge is 0.316 e. The molecule has 0 N–H and O–H groups in total. The van der Waals surface area contributed by atoms with Gasteiger partial charge in [0.1, 0.15) is 16.0 Å². The third-order valence-corrected chi connectivity index (χ3v) is 4.70. The van der Waals surface area contributed by atoms with Crippen LogP contribution in [0.25, 0.3) is 21.6 Å². The Morgan fingerprint density at radius 3 is 2.74 bits per heavy atom. The SMILES string of the molecule is CCOC(=O)CSc1nc(-c2ccccc2)c2nc(C)sc2n1. The first-order valence-electron chi connectivity index (χ1n) is 7.16. The maximum absolute atomic E-state index is 11.5. The second-order valence-corrected chi connectivity index (χ2v) is 6.83. The van der Waals surface area contributed by atoms with Gasteiger partial charge in [0.15, 0.2) is 5.16 Å². The van der Waals surface area contributed by atoms with Gasteiger partial charge in [0.05, 0.1) is 17.4 Å². The molecule has 0 aliphatic rings. The molecule has 0 fully saturated rings. The van der Waals surface area contributed by atoms with Crippen molar-refractivity contribution in [1.82, 2.24) is 15.0 Å². The summed E-state index contributed by atoms with van der Waals surface area (Å²) in [7, 11) is 0. The number of thiazole rings is 1. The summed E-state index contributed by atoms with van der Waals surface area (Å²) in [6.45, 7) is 4.12. The number of thioether (sulfide) groups is 1. The van der Waals surface area contributed by atoms with E-state index >= 15 is 0 Å². The number of hydrogen-bond donors (Lipinski definition) is 0. The second-order valence-electron chi connectivity index (χ2n) is 4.70. The number of nitrogens with zero attached hydrogens (tertiary/aromatic N) is 3. The van der Waals surface area contributed by atoms with Gasteiger partial charge >= 0.3 is 5.97 Å². The number of rotatable bonds is 5. The van der Waals surface area contributed by atoms with E-state index in [9.17, 15) is 4.79 Å². The highest BCUT2D eigenvalue weighted by Gasteiger charge is 2.15. The molecule has 2 aromatic heterocycles. The number of carbonyl (C=O) groups is 1. The van der Waals surface area contributed by atoms with Crippen LogP contribution in [-0.4, -0.2) is 33.3 Å². The molecule has 0 aliphatic carbocycles. The zero-order valence-electron chi connectivity index (χ0n) is 12.8. The van der Waals surface area contributed by atoms with Crippen LogP contribution >= 0.6 is 23.1 Å². The lowest BCUT2D eigenvalue weighted by Gasteiger charge is -2.05. The number of hydrogen-bond acceptors (Lipinski definition) is 7. The van der Waals surface area contributed by atoms with Crippen LogP contribution in [0, 0.1) is 6.92 Å². The number of fused-ring (bicyclic) bond motifs is 1. The fourth-order valence-electron chi connectivity index (χ4n) is 2.09. The first kappa shape index (κ1) is 15.9. The summed E-state index contributed by atoms with van der Waals surface area (Å²) in [4.78, 5) is 26.0. The third kappa shape index (κ3) is 3.68. The molecule has 23 heavy (non-hydrogen) atoms. The van der Waals surface area contributed by atoms with Gasteiger partial charge in [0.25, 0.3) is 0 Å². The summed E-state index contributed by atoms with van der Waals surface area (Å²) < 4.78 is 4.95. The average molecular weight is 345 g/mol. The number of benzene rings is 1. The molecule has 0 saturated carbocycles. The minimum Gasteiger partial charge on any atom is -0.465 e. The average Bonchev–Trinajstić information content (AvgIpc) is 2.93. The number of ether oxygens (including phenoxy) is 1. The molecule has 0 radical (unpaired) electrons. The lowest BCUT2D eigenvalue weighted by Crippen LogP contribution is -2.07. The minimum atomic E-state index is -0.261. The molecule has 3 rings (SSSR count). The van der Waals surface area contributed by atoms with Crippen LogP contribution in [0.5, 0.6) is 0 Å². The second kappa shape index (κ2) is 7.06. The van der Waals surface area contributed by atoms with Crippen molar-refractivity contribution in [2.45, 2.75) is 19.0 Å². The number of esters is 1. The largest absolute Gasteiger partial charge is 0.465 e. The normalized spacial score (nSPS) is 10.9. The van der Waals surface area contributed by atoms with Gasteiger partial charge in [-0.05, 0) is 13.8 Å². The van der Waals surface area contributed by atoms with Crippen molar-refractivity contribution in [3.8, 4) is 11.3 Å². The lowest BCUT2D eigenvalue weighted by atomic mass is 10.1. The van der Waals surface area contributed by atoms with Crippen LogP contribution in [-0.2, 0) is 9.53 Å². The molecular formula is C16H15N3O2S2. The maximum atomic E-state index is 11.5. The van der Waals surface area contributed by atoms with Crippen molar-refractivity contribution in [3.05, 3.63) is 35.3 Å². The molecule has 0 spiro atoms. The first-order chi connectivity index (χ1) is 11.2. The highest BCUT2D eigenvalue weighted by atomic mass is 32.2. The zero-order valence-corrected chi connectivity index (χ0v) is 14.4. The quantitative estimate of drug-likeness (QED) is 0.399. The van der Waals surface area contributed by atoms with Crippen molar-refractivity contribution in [2.75, 3.05) is 12.4 Å².